The summed E-state index contributed by atoms with van der Waals surface area (Å²) in [6.45, 7) is 1.95. The van der Waals surface area contributed by atoms with Gasteiger partial charge in [0.2, 0.25) is 0 Å². The first-order valence-corrected chi connectivity index (χ1v) is 9.44. The molecular formula is C14H28NO6S-. The maximum atomic E-state index is 11.0. The number of ether oxygens (including phenoxy) is 3. The van der Waals surface area contributed by atoms with Gasteiger partial charge in [0, 0.05) is 19.7 Å². The molecule has 8 heteroatoms. The highest BCUT2D eigenvalue weighted by Gasteiger charge is 2.17. The molecule has 0 aromatic carbocycles. The highest BCUT2D eigenvalue weighted by atomic mass is 32.2. The van der Waals surface area contributed by atoms with Crippen LogP contribution in [0.25, 0.3) is 0 Å². The molecular weight excluding hydrogens is 310 g/mol. The molecule has 0 spiro atoms. The molecule has 1 aliphatic rings. The number of hydrogen-bond acceptors (Lipinski definition) is 7. The first-order chi connectivity index (χ1) is 10.5. The fraction of sp³-hybridized carbons (Fsp3) is 1.00. The molecule has 0 heterocycles. The maximum Gasteiger partial charge on any atom is 0.0972 e. The second-order valence-corrected chi connectivity index (χ2v) is 7.01. The monoisotopic (exact) mass is 338 g/mol. The van der Waals surface area contributed by atoms with Crippen LogP contribution >= 0.6 is 0 Å². The highest BCUT2D eigenvalue weighted by Crippen LogP contribution is 2.17. The standard InChI is InChI=1S/C14H29NO6S/c1-19-7-8-20-9-10-21-14(12-22(16,17)18)11-15-13-5-3-2-4-6-13/h13-15H,2-12H2,1H3,(H,16,17,18)/p-1. The zero-order valence-electron chi connectivity index (χ0n) is 13.3. The van der Waals surface area contributed by atoms with Gasteiger partial charge in [-0.15, -0.1) is 0 Å². The van der Waals surface area contributed by atoms with E-state index in [1.165, 1.54) is 19.3 Å². The van der Waals surface area contributed by atoms with Crippen molar-refractivity contribution in [2.45, 2.75) is 44.2 Å². The molecule has 1 atom stereocenters. The zero-order chi connectivity index (χ0) is 16.3. The minimum atomic E-state index is -4.30. The van der Waals surface area contributed by atoms with Gasteiger partial charge in [-0.25, -0.2) is 8.42 Å². The third-order valence-corrected chi connectivity index (χ3v) is 4.42. The van der Waals surface area contributed by atoms with Crippen molar-refractivity contribution in [1.29, 1.82) is 0 Å². The lowest BCUT2D eigenvalue weighted by atomic mass is 9.95. The van der Waals surface area contributed by atoms with Crippen LogP contribution in [-0.4, -0.2) is 71.0 Å². The van der Waals surface area contributed by atoms with Gasteiger partial charge in [0.25, 0.3) is 0 Å². The van der Waals surface area contributed by atoms with Crippen molar-refractivity contribution in [3.8, 4) is 0 Å². The number of rotatable bonds is 12. The van der Waals surface area contributed by atoms with E-state index >= 15 is 0 Å². The van der Waals surface area contributed by atoms with E-state index in [-0.39, 0.29) is 6.61 Å². The lowest BCUT2D eigenvalue weighted by Crippen LogP contribution is -2.41. The van der Waals surface area contributed by atoms with Gasteiger partial charge in [-0.1, -0.05) is 19.3 Å². The Morgan fingerprint density at radius 3 is 2.45 bits per heavy atom. The summed E-state index contributed by atoms with van der Waals surface area (Å²) >= 11 is 0. The molecule has 0 aliphatic heterocycles. The Hall–Kier alpha value is -0.250. The summed E-state index contributed by atoms with van der Waals surface area (Å²) in [7, 11) is -2.71. The fourth-order valence-electron chi connectivity index (χ4n) is 2.52. The molecule has 1 N–H and O–H groups in total. The van der Waals surface area contributed by atoms with Gasteiger partial charge in [-0.05, 0) is 12.8 Å². The van der Waals surface area contributed by atoms with Crippen LogP contribution in [-0.2, 0) is 24.3 Å². The van der Waals surface area contributed by atoms with E-state index in [4.69, 9.17) is 14.2 Å². The second-order valence-electron chi connectivity index (χ2n) is 5.57. The van der Waals surface area contributed by atoms with Gasteiger partial charge in [0.1, 0.15) is 0 Å². The van der Waals surface area contributed by atoms with Gasteiger partial charge in [-0.3, -0.25) is 0 Å². The number of nitrogens with one attached hydrogen (secondary N) is 1. The molecule has 7 nitrogen and oxygen atoms in total. The summed E-state index contributed by atoms with van der Waals surface area (Å²) in [6, 6.07) is 0.396. The van der Waals surface area contributed by atoms with Crippen LogP contribution < -0.4 is 5.32 Å². The Labute approximate surface area is 133 Å². The Balaban J connectivity index is 2.26. The zero-order valence-corrected chi connectivity index (χ0v) is 14.1. The van der Waals surface area contributed by atoms with Crippen molar-refractivity contribution in [2.75, 3.05) is 45.8 Å². The van der Waals surface area contributed by atoms with Crippen LogP contribution in [0.2, 0.25) is 0 Å². The SMILES string of the molecule is COCCOCCOC(CNC1CCCCC1)CS(=O)(=O)[O-]. The van der Waals surface area contributed by atoms with Gasteiger partial charge in [0.05, 0.1) is 48.4 Å². The summed E-state index contributed by atoms with van der Waals surface area (Å²) in [5.74, 6) is -0.509. The minimum Gasteiger partial charge on any atom is -0.748 e. The molecule has 0 radical (unpaired) electrons. The Bertz CT molecular complexity index is 370. The molecule has 22 heavy (non-hydrogen) atoms. The van der Waals surface area contributed by atoms with E-state index in [9.17, 15) is 13.0 Å². The van der Waals surface area contributed by atoms with Gasteiger partial charge >= 0.3 is 0 Å². The van der Waals surface area contributed by atoms with Crippen molar-refractivity contribution in [1.82, 2.24) is 5.32 Å². The summed E-state index contributed by atoms with van der Waals surface area (Å²) in [5, 5.41) is 3.32. The van der Waals surface area contributed by atoms with Crippen LogP contribution in [0.1, 0.15) is 32.1 Å². The molecule has 132 valence electrons. The fourth-order valence-corrected chi connectivity index (χ4v) is 3.19. The Morgan fingerprint density at radius 1 is 1.14 bits per heavy atom. The van der Waals surface area contributed by atoms with E-state index in [1.807, 2.05) is 0 Å². The highest BCUT2D eigenvalue weighted by molar-refractivity contribution is 7.85. The van der Waals surface area contributed by atoms with E-state index in [0.29, 0.717) is 32.4 Å². The van der Waals surface area contributed by atoms with Crippen LogP contribution in [0.4, 0.5) is 0 Å². The molecule has 0 aromatic rings. The van der Waals surface area contributed by atoms with Gasteiger partial charge in [-0.2, -0.15) is 0 Å². The lowest BCUT2D eigenvalue weighted by molar-refractivity contribution is -0.000311. The van der Waals surface area contributed by atoms with Crippen molar-refractivity contribution in [3.63, 3.8) is 0 Å². The Kier molecular flexibility index (Phi) is 10.2. The summed E-state index contributed by atoms with van der Waals surface area (Å²) in [6.07, 6.45) is 5.20. The van der Waals surface area contributed by atoms with Crippen LogP contribution in [0.15, 0.2) is 0 Å². The summed E-state index contributed by atoms with van der Waals surface area (Å²) in [5.41, 5.74) is 0. The lowest BCUT2D eigenvalue weighted by Gasteiger charge is -2.26. The van der Waals surface area contributed by atoms with Crippen molar-refractivity contribution in [3.05, 3.63) is 0 Å². The molecule has 1 unspecified atom stereocenters. The molecule has 1 fully saturated rings. The Morgan fingerprint density at radius 2 is 1.82 bits per heavy atom. The first-order valence-electron chi connectivity index (χ1n) is 7.86. The van der Waals surface area contributed by atoms with Crippen LogP contribution in [0.5, 0.6) is 0 Å². The summed E-state index contributed by atoms with van der Waals surface area (Å²) in [4.78, 5) is 0. The van der Waals surface area contributed by atoms with Gasteiger partial charge < -0.3 is 24.1 Å². The third kappa shape index (κ3) is 10.5. The number of hydrogen-bond donors (Lipinski definition) is 1. The van der Waals surface area contributed by atoms with E-state index in [0.717, 1.165) is 12.8 Å². The van der Waals surface area contributed by atoms with Gasteiger partial charge in [0.15, 0.2) is 0 Å². The molecule has 1 aliphatic carbocycles. The second kappa shape index (κ2) is 11.3. The van der Waals surface area contributed by atoms with Crippen molar-refractivity contribution < 1.29 is 27.2 Å². The topological polar surface area (TPSA) is 96.9 Å². The molecule has 0 bridgehead atoms. The maximum absolute atomic E-state index is 11.0. The van der Waals surface area contributed by atoms with Crippen molar-refractivity contribution >= 4 is 10.1 Å². The quantitative estimate of drug-likeness (QED) is 0.409. The summed E-state index contributed by atoms with van der Waals surface area (Å²) < 4.78 is 48.4. The molecule has 1 saturated carbocycles. The smallest absolute Gasteiger partial charge is 0.0972 e. The molecule has 1 rings (SSSR count). The van der Waals surface area contributed by atoms with Crippen LogP contribution in [0, 0.1) is 0 Å². The molecule has 0 aromatic heterocycles. The van der Waals surface area contributed by atoms with E-state index in [2.05, 4.69) is 5.32 Å². The minimum absolute atomic E-state index is 0.260. The van der Waals surface area contributed by atoms with Crippen molar-refractivity contribution in [2.24, 2.45) is 0 Å². The van der Waals surface area contributed by atoms with E-state index < -0.39 is 22.0 Å². The van der Waals surface area contributed by atoms with E-state index in [1.54, 1.807) is 7.11 Å². The van der Waals surface area contributed by atoms with Crippen LogP contribution in [0.3, 0.4) is 0 Å². The molecule has 0 amide bonds. The average Bonchev–Trinajstić information content (AvgIpc) is 2.48. The third-order valence-electron chi connectivity index (χ3n) is 3.64. The predicted molar refractivity (Wildman–Crippen MR) is 81.9 cm³/mol. The molecule has 0 saturated heterocycles. The first kappa shape index (κ1) is 19.8. The predicted octanol–water partition coefficient (Wildman–Crippen LogP) is 0.502. The average molecular weight is 338 g/mol. The number of methoxy groups -OCH3 is 1. The normalized spacial score (nSPS) is 18.5. The largest absolute Gasteiger partial charge is 0.748 e.